The van der Waals surface area contributed by atoms with Gasteiger partial charge in [0, 0.05) is 6.42 Å². The molecule has 4 saturated carbocycles. The van der Waals surface area contributed by atoms with Gasteiger partial charge >= 0.3 is 5.97 Å². The maximum absolute atomic E-state index is 11.6. The van der Waals surface area contributed by atoms with Crippen LogP contribution in [0.4, 0.5) is 0 Å². The third-order valence-corrected chi connectivity index (χ3v) is 10.4. The molecule has 0 aliphatic heterocycles. The Bertz CT molecular complexity index is 620. The molecule has 4 nitrogen and oxygen atoms in total. The summed E-state index contributed by atoms with van der Waals surface area (Å²) in [7, 11) is 1.48. The Morgan fingerprint density at radius 3 is 2.45 bits per heavy atom. The van der Waals surface area contributed by atoms with Crippen LogP contribution in [0.5, 0.6) is 0 Å². The summed E-state index contributed by atoms with van der Waals surface area (Å²) in [5, 5.41) is 21.5. The van der Waals surface area contributed by atoms with E-state index in [4.69, 9.17) is 4.74 Å². The molecule has 10 atom stereocenters. The van der Waals surface area contributed by atoms with E-state index in [1.165, 1.54) is 32.8 Å². The quantitative estimate of drug-likeness (QED) is 0.671. The largest absolute Gasteiger partial charge is 0.469 e. The van der Waals surface area contributed by atoms with Crippen molar-refractivity contribution in [3.05, 3.63) is 0 Å². The molecule has 4 aliphatic carbocycles. The van der Waals surface area contributed by atoms with Gasteiger partial charge in [0.15, 0.2) is 0 Å². The number of esters is 1. The molecule has 0 radical (unpaired) electrons. The molecule has 0 saturated heterocycles. The number of fused-ring (bicyclic) bond motifs is 5. The standard InChI is InChI=1S/C25H42O4/c1-15(5-8-22(28)29-4)18-6-7-19-23-20(10-12-25(18,19)3)24(2)11-9-17(26)13-16(24)14-21(23)27/h15-21,23,26-27H,5-14H2,1-4H3/t15?,16-,17+,18+,19-,20-,21?,23-,24-,25+/m0/s1. The van der Waals surface area contributed by atoms with E-state index in [1.807, 2.05) is 0 Å². The number of aliphatic hydroxyl groups is 2. The van der Waals surface area contributed by atoms with Crippen LogP contribution >= 0.6 is 0 Å². The Labute approximate surface area is 176 Å². The normalized spacial score (nSPS) is 50.2. The van der Waals surface area contributed by atoms with Gasteiger partial charge in [0.25, 0.3) is 0 Å². The van der Waals surface area contributed by atoms with Crippen molar-refractivity contribution in [3.8, 4) is 0 Å². The van der Waals surface area contributed by atoms with Gasteiger partial charge in [-0.3, -0.25) is 4.79 Å². The Morgan fingerprint density at radius 1 is 1.03 bits per heavy atom. The van der Waals surface area contributed by atoms with Gasteiger partial charge < -0.3 is 14.9 Å². The van der Waals surface area contributed by atoms with E-state index in [1.54, 1.807) is 0 Å². The molecule has 0 aromatic heterocycles. The van der Waals surface area contributed by atoms with Crippen LogP contribution in [-0.2, 0) is 9.53 Å². The lowest BCUT2D eigenvalue weighted by atomic mass is 9.43. The Morgan fingerprint density at radius 2 is 1.72 bits per heavy atom. The zero-order valence-corrected chi connectivity index (χ0v) is 18.9. The van der Waals surface area contributed by atoms with Crippen molar-refractivity contribution >= 4 is 5.97 Å². The monoisotopic (exact) mass is 406 g/mol. The molecule has 4 aliphatic rings. The second kappa shape index (κ2) is 7.82. The van der Waals surface area contributed by atoms with Gasteiger partial charge in [-0.05, 0) is 104 Å². The lowest BCUT2D eigenvalue weighted by Gasteiger charge is -2.62. The summed E-state index contributed by atoms with van der Waals surface area (Å²) in [6, 6.07) is 0. The predicted octanol–water partition coefficient (Wildman–Crippen LogP) is 4.57. The minimum Gasteiger partial charge on any atom is -0.469 e. The lowest BCUT2D eigenvalue weighted by Crippen LogP contribution is -2.58. The summed E-state index contributed by atoms with van der Waals surface area (Å²) < 4.78 is 4.86. The summed E-state index contributed by atoms with van der Waals surface area (Å²) in [6.45, 7) is 7.29. The van der Waals surface area contributed by atoms with E-state index < -0.39 is 0 Å². The van der Waals surface area contributed by atoms with Gasteiger partial charge in [-0.15, -0.1) is 0 Å². The van der Waals surface area contributed by atoms with Gasteiger partial charge in [0.1, 0.15) is 0 Å². The van der Waals surface area contributed by atoms with Crippen LogP contribution in [0.25, 0.3) is 0 Å². The minimum absolute atomic E-state index is 0.0959. The highest BCUT2D eigenvalue weighted by atomic mass is 16.5. The maximum atomic E-state index is 11.6. The molecule has 0 spiro atoms. The Hall–Kier alpha value is -0.610. The van der Waals surface area contributed by atoms with Crippen molar-refractivity contribution in [3.63, 3.8) is 0 Å². The number of carbonyl (C=O) groups excluding carboxylic acids is 1. The van der Waals surface area contributed by atoms with E-state index in [0.29, 0.717) is 47.3 Å². The van der Waals surface area contributed by atoms with Crippen LogP contribution in [-0.4, -0.2) is 35.5 Å². The van der Waals surface area contributed by atoms with Crippen molar-refractivity contribution < 1.29 is 19.7 Å². The second-order valence-electron chi connectivity index (χ2n) is 11.5. The maximum Gasteiger partial charge on any atom is 0.305 e. The number of hydrogen-bond donors (Lipinski definition) is 2. The van der Waals surface area contributed by atoms with Crippen LogP contribution in [0, 0.1) is 46.3 Å². The molecule has 0 heterocycles. The molecule has 4 fully saturated rings. The molecule has 4 heteroatoms. The summed E-state index contributed by atoms with van der Waals surface area (Å²) in [5.41, 5.74) is 0.577. The second-order valence-corrected chi connectivity index (χ2v) is 11.5. The third-order valence-electron chi connectivity index (χ3n) is 10.4. The molecule has 2 unspecified atom stereocenters. The summed E-state index contributed by atoms with van der Waals surface area (Å²) >= 11 is 0. The predicted molar refractivity (Wildman–Crippen MR) is 113 cm³/mol. The van der Waals surface area contributed by atoms with E-state index in [0.717, 1.165) is 32.1 Å². The van der Waals surface area contributed by atoms with E-state index in [2.05, 4.69) is 20.8 Å². The average Bonchev–Trinajstić information content (AvgIpc) is 3.04. The van der Waals surface area contributed by atoms with Gasteiger partial charge in [-0.1, -0.05) is 20.8 Å². The lowest BCUT2D eigenvalue weighted by molar-refractivity contribution is -0.174. The van der Waals surface area contributed by atoms with Crippen LogP contribution in [0.1, 0.15) is 85.0 Å². The van der Waals surface area contributed by atoms with Crippen LogP contribution in [0.3, 0.4) is 0 Å². The summed E-state index contributed by atoms with van der Waals surface area (Å²) in [4.78, 5) is 11.6. The number of hydrogen-bond acceptors (Lipinski definition) is 4. The number of carbonyl (C=O) groups is 1. The molecule has 29 heavy (non-hydrogen) atoms. The fraction of sp³-hybridized carbons (Fsp3) is 0.960. The Balaban J connectivity index is 1.53. The van der Waals surface area contributed by atoms with Crippen molar-refractivity contribution in [2.45, 2.75) is 97.2 Å². The first kappa shape index (κ1) is 21.6. The number of rotatable bonds is 4. The third kappa shape index (κ3) is 3.46. The zero-order valence-electron chi connectivity index (χ0n) is 18.9. The first-order valence-corrected chi connectivity index (χ1v) is 12.1. The van der Waals surface area contributed by atoms with Crippen LogP contribution in [0.2, 0.25) is 0 Å². The highest BCUT2D eigenvalue weighted by molar-refractivity contribution is 5.69. The SMILES string of the molecule is COC(=O)CCC(C)[C@H]1CC[C@H]2[C@@H]3C(O)C[C@@H]4C[C@H](O)CC[C@]4(C)[C@H]3CC[C@]12C. The molecule has 0 aromatic rings. The molecule has 2 N–H and O–H groups in total. The molecule has 4 rings (SSSR count). The molecular formula is C25H42O4. The highest BCUT2D eigenvalue weighted by Crippen LogP contribution is 2.68. The summed E-state index contributed by atoms with van der Waals surface area (Å²) in [5.74, 6) is 3.17. The fourth-order valence-corrected chi connectivity index (χ4v) is 8.82. The average molecular weight is 407 g/mol. The summed E-state index contributed by atoms with van der Waals surface area (Å²) in [6.07, 6.45) is 9.80. The van der Waals surface area contributed by atoms with Gasteiger partial charge in [0.05, 0.1) is 19.3 Å². The van der Waals surface area contributed by atoms with Crippen LogP contribution in [0.15, 0.2) is 0 Å². The molecule has 166 valence electrons. The first-order valence-electron chi connectivity index (χ1n) is 12.1. The van der Waals surface area contributed by atoms with Crippen LogP contribution < -0.4 is 0 Å². The Kier molecular flexibility index (Phi) is 5.83. The van der Waals surface area contributed by atoms with Crippen molar-refractivity contribution in [1.29, 1.82) is 0 Å². The molecule has 0 amide bonds. The first-order chi connectivity index (χ1) is 13.7. The van der Waals surface area contributed by atoms with Crippen molar-refractivity contribution in [1.82, 2.24) is 0 Å². The molecule has 0 aromatic carbocycles. The number of aliphatic hydroxyl groups excluding tert-OH is 2. The fourth-order valence-electron chi connectivity index (χ4n) is 8.82. The smallest absolute Gasteiger partial charge is 0.305 e. The number of methoxy groups -OCH3 is 1. The minimum atomic E-state index is -0.211. The van der Waals surface area contributed by atoms with Gasteiger partial charge in [-0.25, -0.2) is 0 Å². The van der Waals surface area contributed by atoms with E-state index in [-0.39, 0.29) is 23.6 Å². The van der Waals surface area contributed by atoms with Gasteiger partial charge in [0.2, 0.25) is 0 Å². The molecular weight excluding hydrogens is 364 g/mol. The van der Waals surface area contributed by atoms with Crippen molar-refractivity contribution in [2.75, 3.05) is 7.11 Å². The topological polar surface area (TPSA) is 66.8 Å². The van der Waals surface area contributed by atoms with Gasteiger partial charge in [-0.2, -0.15) is 0 Å². The molecule has 0 bridgehead atoms. The zero-order chi connectivity index (χ0) is 21.0. The highest BCUT2D eigenvalue weighted by Gasteiger charge is 2.62. The van der Waals surface area contributed by atoms with E-state index >= 15 is 0 Å². The van der Waals surface area contributed by atoms with Crippen molar-refractivity contribution in [2.24, 2.45) is 46.3 Å². The number of ether oxygens (including phenoxy) is 1. The van der Waals surface area contributed by atoms with E-state index in [9.17, 15) is 15.0 Å².